The van der Waals surface area contributed by atoms with Crippen molar-refractivity contribution in [1.29, 1.82) is 0 Å². The minimum Gasteiger partial charge on any atom is -0.372 e. The van der Waals surface area contributed by atoms with Gasteiger partial charge in [-0.05, 0) is 30.5 Å². The summed E-state index contributed by atoms with van der Waals surface area (Å²) in [6.07, 6.45) is 4.08. The quantitative estimate of drug-likeness (QED) is 0.455. The van der Waals surface area contributed by atoms with Crippen molar-refractivity contribution in [2.45, 2.75) is 19.8 Å². The van der Waals surface area contributed by atoms with Crippen molar-refractivity contribution in [3.8, 4) is 0 Å². The number of carbonyl (C=O) groups excluding carboxylic acids is 1. The van der Waals surface area contributed by atoms with Gasteiger partial charge >= 0.3 is 5.97 Å². The Labute approximate surface area is 101 Å². The molecule has 17 heavy (non-hydrogen) atoms. The molecule has 4 heteroatoms. The Morgan fingerprint density at radius 1 is 1.29 bits per heavy atom. The molecule has 0 aromatic heterocycles. The number of carbonyl (C=O) groups is 1. The maximum atomic E-state index is 10.5. The summed E-state index contributed by atoms with van der Waals surface area (Å²) in [5.74, 6) is -0.407. The van der Waals surface area contributed by atoms with Crippen LogP contribution in [0.25, 0.3) is 0 Å². The number of hydrogen-bond donors (Lipinski definition) is 0. The van der Waals surface area contributed by atoms with Gasteiger partial charge in [-0.3, -0.25) is 0 Å². The van der Waals surface area contributed by atoms with Crippen molar-refractivity contribution in [2.75, 3.05) is 18.0 Å². The van der Waals surface area contributed by atoms with E-state index in [0.717, 1.165) is 18.7 Å². The van der Waals surface area contributed by atoms with Crippen molar-refractivity contribution in [3.63, 3.8) is 0 Å². The lowest BCUT2D eigenvalue weighted by molar-refractivity contribution is -0.140. The second-order valence-electron chi connectivity index (χ2n) is 4.10. The summed E-state index contributed by atoms with van der Waals surface area (Å²) >= 11 is 0. The van der Waals surface area contributed by atoms with Gasteiger partial charge in [0, 0.05) is 25.7 Å². The van der Waals surface area contributed by atoms with Crippen LogP contribution in [0.4, 0.5) is 5.69 Å². The molecular formula is C13H16N2O2. The molecule has 1 aromatic rings. The Bertz CT molecular complexity index is 406. The summed E-state index contributed by atoms with van der Waals surface area (Å²) < 4.78 is 0. The standard InChI is InChI=1S/C13H16N2O2/c1-11(16)17-14-10-12-4-6-13(7-5-12)15-8-2-3-9-15/h4-7,10H,2-3,8-9H2,1H3. The molecule has 1 aliphatic heterocycles. The summed E-state index contributed by atoms with van der Waals surface area (Å²) in [6, 6.07) is 8.09. The summed E-state index contributed by atoms with van der Waals surface area (Å²) in [6.45, 7) is 3.61. The fraction of sp³-hybridized carbons (Fsp3) is 0.385. The van der Waals surface area contributed by atoms with Crippen LogP contribution >= 0.6 is 0 Å². The molecule has 0 saturated carbocycles. The topological polar surface area (TPSA) is 41.9 Å². The van der Waals surface area contributed by atoms with Crippen molar-refractivity contribution in [1.82, 2.24) is 0 Å². The van der Waals surface area contributed by atoms with E-state index < -0.39 is 5.97 Å². The maximum Gasteiger partial charge on any atom is 0.331 e. The van der Waals surface area contributed by atoms with Gasteiger partial charge in [0.15, 0.2) is 0 Å². The van der Waals surface area contributed by atoms with E-state index in [0.29, 0.717) is 0 Å². The molecule has 0 amide bonds. The highest BCUT2D eigenvalue weighted by Crippen LogP contribution is 2.19. The zero-order chi connectivity index (χ0) is 12.1. The van der Waals surface area contributed by atoms with Crippen LogP contribution in [-0.4, -0.2) is 25.3 Å². The van der Waals surface area contributed by atoms with Crippen LogP contribution in [0.5, 0.6) is 0 Å². The van der Waals surface area contributed by atoms with Crippen molar-refractivity contribution in [3.05, 3.63) is 29.8 Å². The normalized spacial score (nSPS) is 15.5. The lowest BCUT2D eigenvalue weighted by Gasteiger charge is -2.17. The second-order valence-corrected chi connectivity index (χ2v) is 4.10. The first-order valence-electron chi connectivity index (χ1n) is 5.82. The molecule has 0 atom stereocenters. The molecule has 0 radical (unpaired) electrons. The third-order valence-corrected chi connectivity index (χ3v) is 2.75. The fourth-order valence-electron chi connectivity index (χ4n) is 1.91. The summed E-state index contributed by atoms with van der Waals surface area (Å²) in [5.41, 5.74) is 2.17. The molecule has 2 rings (SSSR count). The molecule has 0 bridgehead atoms. The molecule has 1 aliphatic rings. The van der Waals surface area contributed by atoms with E-state index in [2.05, 4.69) is 27.0 Å². The van der Waals surface area contributed by atoms with Crippen molar-refractivity contribution >= 4 is 17.9 Å². The first kappa shape index (κ1) is 11.6. The number of anilines is 1. The van der Waals surface area contributed by atoms with E-state index in [9.17, 15) is 4.79 Å². The van der Waals surface area contributed by atoms with Gasteiger partial charge in [0.05, 0.1) is 6.21 Å². The SMILES string of the molecule is CC(=O)ON=Cc1ccc(N2CCCC2)cc1. The number of nitrogens with zero attached hydrogens (tertiary/aromatic N) is 2. The predicted molar refractivity (Wildman–Crippen MR) is 67.2 cm³/mol. The van der Waals surface area contributed by atoms with Gasteiger partial charge in [-0.25, -0.2) is 4.79 Å². The summed E-state index contributed by atoms with van der Waals surface area (Å²) in [4.78, 5) is 17.4. The first-order valence-corrected chi connectivity index (χ1v) is 5.82. The smallest absolute Gasteiger partial charge is 0.331 e. The van der Waals surface area contributed by atoms with Crippen molar-refractivity contribution in [2.24, 2.45) is 5.16 Å². The predicted octanol–water partition coefficient (Wildman–Crippen LogP) is 2.18. The Morgan fingerprint density at radius 3 is 2.53 bits per heavy atom. The monoisotopic (exact) mass is 232 g/mol. The minimum absolute atomic E-state index is 0.407. The number of rotatable bonds is 3. The lowest BCUT2D eigenvalue weighted by atomic mass is 10.2. The van der Waals surface area contributed by atoms with Crippen LogP contribution < -0.4 is 4.90 Å². The molecule has 4 nitrogen and oxygen atoms in total. The van der Waals surface area contributed by atoms with Gasteiger partial charge in [-0.1, -0.05) is 17.3 Å². The van der Waals surface area contributed by atoms with E-state index in [1.165, 1.54) is 31.7 Å². The van der Waals surface area contributed by atoms with Gasteiger partial charge in [-0.2, -0.15) is 0 Å². The van der Waals surface area contributed by atoms with Gasteiger partial charge in [0.2, 0.25) is 0 Å². The molecule has 90 valence electrons. The Balaban J connectivity index is 1.97. The molecular weight excluding hydrogens is 216 g/mol. The average molecular weight is 232 g/mol. The van der Waals surface area contributed by atoms with Crippen LogP contribution in [0.2, 0.25) is 0 Å². The van der Waals surface area contributed by atoms with Crippen LogP contribution in [0.15, 0.2) is 29.4 Å². The zero-order valence-corrected chi connectivity index (χ0v) is 9.93. The molecule has 1 heterocycles. The van der Waals surface area contributed by atoms with Crippen molar-refractivity contribution < 1.29 is 9.63 Å². The summed E-state index contributed by atoms with van der Waals surface area (Å²) in [5, 5.41) is 3.58. The van der Waals surface area contributed by atoms with E-state index >= 15 is 0 Å². The van der Waals surface area contributed by atoms with E-state index in [1.54, 1.807) is 0 Å². The number of benzene rings is 1. The van der Waals surface area contributed by atoms with Crippen LogP contribution in [0, 0.1) is 0 Å². The van der Waals surface area contributed by atoms with E-state index in [1.807, 2.05) is 12.1 Å². The minimum atomic E-state index is -0.407. The van der Waals surface area contributed by atoms with Crippen LogP contribution in [0.1, 0.15) is 25.3 Å². The van der Waals surface area contributed by atoms with Gasteiger partial charge in [0.1, 0.15) is 0 Å². The average Bonchev–Trinajstić information content (AvgIpc) is 2.83. The molecule has 1 fully saturated rings. The van der Waals surface area contributed by atoms with E-state index in [-0.39, 0.29) is 0 Å². The molecule has 0 aliphatic carbocycles. The summed E-state index contributed by atoms with van der Waals surface area (Å²) in [7, 11) is 0. The lowest BCUT2D eigenvalue weighted by Crippen LogP contribution is -2.17. The first-order chi connectivity index (χ1) is 8.25. The molecule has 0 spiro atoms. The van der Waals surface area contributed by atoms with Crippen LogP contribution in [0.3, 0.4) is 0 Å². The van der Waals surface area contributed by atoms with Gasteiger partial charge < -0.3 is 9.74 Å². The third kappa shape index (κ3) is 3.31. The largest absolute Gasteiger partial charge is 0.372 e. The molecule has 0 unspecified atom stereocenters. The molecule has 1 saturated heterocycles. The van der Waals surface area contributed by atoms with Gasteiger partial charge in [0.25, 0.3) is 0 Å². The number of oxime groups is 1. The Morgan fingerprint density at radius 2 is 1.94 bits per heavy atom. The third-order valence-electron chi connectivity index (χ3n) is 2.75. The van der Waals surface area contributed by atoms with Gasteiger partial charge in [-0.15, -0.1) is 0 Å². The fourth-order valence-corrected chi connectivity index (χ4v) is 1.91. The molecule has 0 N–H and O–H groups in total. The zero-order valence-electron chi connectivity index (χ0n) is 9.93. The number of hydrogen-bond acceptors (Lipinski definition) is 4. The van der Waals surface area contributed by atoms with E-state index in [4.69, 9.17) is 0 Å². The highest BCUT2D eigenvalue weighted by molar-refractivity contribution is 5.80. The second kappa shape index (κ2) is 5.48. The highest BCUT2D eigenvalue weighted by atomic mass is 16.7. The Hall–Kier alpha value is -1.84. The molecule has 1 aromatic carbocycles. The van der Waals surface area contributed by atoms with Crippen LogP contribution in [-0.2, 0) is 9.63 Å². The Kier molecular flexibility index (Phi) is 3.75. The highest BCUT2D eigenvalue weighted by Gasteiger charge is 2.11. The maximum absolute atomic E-state index is 10.5.